The maximum atomic E-state index is 6.50. The zero-order valence-corrected chi connectivity index (χ0v) is 32.4. The Morgan fingerprint density at radius 1 is 0.848 bits per heavy atom. The van der Waals surface area contributed by atoms with Gasteiger partial charge in [-0.05, 0) is 121 Å². The van der Waals surface area contributed by atoms with Gasteiger partial charge in [0.2, 0.25) is 0 Å². The molecule has 0 saturated heterocycles. The summed E-state index contributed by atoms with van der Waals surface area (Å²) in [6.45, 7) is 36.6. The molecule has 0 aliphatic heterocycles. The molecule has 0 bridgehead atoms. The molecule has 256 valence electrons. The maximum Gasteiger partial charge on any atom is 0.0352 e. The zero-order valence-electron chi connectivity index (χ0n) is 32.4. The van der Waals surface area contributed by atoms with Gasteiger partial charge in [-0.3, -0.25) is 0 Å². The van der Waals surface area contributed by atoms with Crippen LogP contribution in [0.3, 0.4) is 0 Å². The van der Waals surface area contributed by atoms with Crippen LogP contribution < -0.4 is 5.73 Å². The third kappa shape index (κ3) is 14.6. The van der Waals surface area contributed by atoms with E-state index in [2.05, 4.69) is 131 Å². The van der Waals surface area contributed by atoms with Gasteiger partial charge in [0.1, 0.15) is 0 Å². The number of benzene rings is 2. The van der Waals surface area contributed by atoms with E-state index in [0.717, 1.165) is 46.6 Å². The number of hydrogen-bond donors (Lipinski definition) is 1. The van der Waals surface area contributed by atoms with Crippen molar-refractivity contribution in [2.24, 2.45) is 17.8 Å². The fraction of sp³-hybridized carbons (Fsp3) is 0.511. The number of rotatable bonds is 15. The van der Waals surface area contributed by atoms with E-state index in [1.165, 1.54) is 77.5 Å². The molecule has 3 unspecified atom stereocenters. The summed E-state index contributed by atoms with van der Waals surface area (Å²) < 4.78 is 0. The molecule has 0 radical (unpaired) electrons. The molecular weight excluding hydrogens is 555 g/mol. The molecular formula is C45H71N. The van der Waals surface area contributed by atoms with E-state index in [0.29, 0.717) is 0 Å². The average molecular weight is 626 g/mol. The molecule has 0 aliphatic carbocycles. The number of aryl methyl sites for hydroxylation is 2. The molecule has 2 aromatic carbocycles. The first kappa shape index (κ1) is 42.9. The average Bonchev–Trinajstić information content (AvgIpc) is 3.04. The van der Waals surface area contributed by atoms with Crippen LogP contribution in [-0.4, -0.2) is 0 Å². The van der Waals surface area contributed by atoms with Crippen molar-refractivity contribution in [2.75, 3.05) is 5.73 Å². The van der Waals surface area contributed by atoms with Gasteiger partial charge in [0.15, 0.2) is 0 Å². The minimum atomic E-state index is 0.776. The van der Waals surface area contributed by atoms with Crippen molar-refractivity contribution in [2.45, 2.75) is 135 Å². The number of hydrogen-bond acceptors (Lipinski definition) is 1. The molecule has 0 heterocycles. The Kier molecular flexibility index (Phi) is 21.7. The summed E-state index contributed by atoms with van der Waals surface area (Å²) in [5, 5.41) is 0. The summed E-state index contributed by atoms with van der Waals surface area (Å²) in [5.74, 6) is 2.63. The fourth-order valence-corrected chi connectivity index (χ4v) is 5.63. The quantitative estimate of drug-likeness (QED) is 0.155. The highest BCUT2D eigenvalue weighted by molar-refractivity contribution is 5.83. The molecule has 0 amide bonds. The minimum Gasteiger partial charge on any atom is -0.398 e. The van der Waals surface area contributed by atoms with Gasteiger partial charge in [0.25, 0.3) is 0 Å². The largest absolute Gasteiger partial charge is 0.398 e. The predicted octanol–water partition coefficient (Wildman–Crippen LogP) is 14.5. The normalized spacial score (nSPS) is 14.1. The van der Waals surface area contributed by atoms with Crippen molar-refractivity contribution >= 4 is 22.4 Å². The molecule has 3 atom stereocenters. The van der Waals surface area contributed by atoms with Crippen LogP contribution in [0.5, 0.6) is 0 Å². The Hall–Kier alpha value is -3.06. The first-order valence-corrected chi connectivity index (χ1v) is 18.1. The Morgan fingerprint density at radius 2 is 1.48 bits per heavy atom. The molecule has 1 heteroatoms. The van der Waals surface area contributed by atoms with E-state index in [-0.39, 0.29) is 0 Å². The first-order chi connectivity index (χ1) is 21.8. The summed E-state index contributed by atoms with van der Waals surface area (Å²) >= 11 is 0. The van der Waals surface area contributed by atoms with E-state index in [4.69, 9.17) is 5.73 Å². The number of allylic oxidation sites excluding steroid dienone is 8. The SMILES string of the molecule is C=C\C=C(/C(C)=C(C)/C=C(\C)c1ccc(C(=C)C)cc1C)c1ccc(CCCC(C)CC)c(N)c1.CC.CCCC(C)C(C)CC. The highest BCUT2D eigenvalue weighted by atomic mass is 14.6. The maximum absolute atomic E-state index is 6.50. The van der Waals surface area contributed by atoms with Gasteiger partial charge in [0, 0.05) is 5.69 Å². The Morgan fingerprint density at radius 3 is 1.98 bits per heavy atom. The molecule has 2 aromatic rings. The summed E-state index contributed by atoms with van der Waals surface area (Å²) in [7, 11) is 0. The molecule has 0 fully saturated rings. The van der Waals surface area contributed by atoms with Gasteiger partial charge in [-0.1, -0.05) is 155 Å². The molecule has 0 aliphatic rings. The van der Waals surface area contributed by atoms with Gasteiger partial charge < -0.3 is 5.73 Å². The van der Waals surface area contributed by atoms with E-state index < -0.39 is 0 Å². The van der Waals surface area contributed by atoms with Gasteiger partial charge >= 0.3 is 0 Å². The van der Waals surface area contributed by atoms with Crippen LogP contribution in [-0.2, 0) is 6.42 Å². The fourth-order valence-electron chi connectivity index (χ4n) is 5.63. The molecule has 1 nitrogen and oxygen atoms in total. The predicted molar refractivity (Wildman–Crippen MR) is 214 cm³/mol. The lowest BCUT2D eigenvalue weighted by Gasteiger charge is -2.16. The Bertz CT molecular complexity index is 1300. The van der Waals surface area contributed by atoms with Crippen LogP contribution in [0.15, 0.2) is 78.9 Å². The molecule has 0 spiro atoms. The second-order valence-corrected chi connectivity index (χ2v) is 13.2. The standard InChI is InChI=1S/C34H45N.C9H20.C2H6/c1-10-13-33(31-17-16-29(34(35)22-31)15-12-14-24(5)11-2)28(9)25(6)20-26(7)32-19-18-30(23(3)4)21-27(32)8;1-5-7-9(4)8(3)6-2;1-2/h10,13,16-22,24H,1,3,11-12,14-15,35H2,2,4-9H3;8-9H,5-7H2,1-4H3;1-2H3/b26-20+,28-25+,33-13+;;. The summed E-state index contributed by atoms with van der Waals surface area (Å²) in [5.41, 5.74) is 19.5. The lowest BCUT2D eigenvalue weighted by Crippen LogP contribution is -2.05. The van der Waals surface area contributed by atoms with E-state index >= 15 is 0 Å². The second kappa shape index (κ2) is 23.3. The topological polar surface area (TPSA) is 26.0 Å². The van der Waals surface area contributed by atoms with E-state index in [9.17, 15) is 0 Å². The van der Waals surface area contributed by atoms with Crippen molar-refractivity contribution in [3.05, 3.63) is 107 Å². The molecule has 0 saturated carbocycles. The Labute approximate surface area is 286 Å². The van der Waals surface area contributed by atoms with Crippen LogP contribution in [0.1, 0.15) is 149 Å². The molecule has 2 rings (SSSR count). The van der Waals surface area contributed by atoms with Gasteiger partial charge in [-0.15, -0.1) is 0 Å². The summed E-state index contributed by atoms with van der Waals surface area (Å²) in [4.78, 5) is 0. The zero-order chi connectivity index (χ0) is 35.4. The highest BCUT2D eigenvalue weighted by Crippen LogP contribution is 2.31. The van der Waals surface area contributed by atoms with Crippen LogP contribution in [0, 0.1) is 24.7 Å². The van der Waals surface area contributed by atoms with Crippen LogP contribution in [0.2, 0.25) is 0 Å². The summed E-state index contributed by atoms with van der Waals surface area (Å²) in [6.07, 6.45) is 15.0. The third-order valence-corrected chi connectivity index (χ3v) is 9.51. The van der Waals surface area contributed by atoms with Crippen LogP contribution in [0.4, 0.5) is 5.69 Å². The van der Waals surface area contributed by atoms with Crippen molar-refractivity contribution in [3.8, 4) is 0 Å². The van der Waals surface area contributed by atoms with Crippen LogP contribution >= 0.6 is 0 Å². The number of anilines is 1. The summed E-state index contributed by atoms with van der Waals surface area (Å²) in [6, 6.07) is 13.1. The molecule has 46 heavy (non-hydrogen) atoms. The Balaban J connectivity index is 0.00000158. The van der Waals surface area contributed by atoms with Gasteiger partial charge in [-0.2, -0.15) is 0 Å². The lowest BCUT2D eigenvalue weighted by atomic mass is 9.90. The molecule has 0 aromatic heterocycles. The first-order valence-electron chi connectivity index (χ1n) is 18.1. The minimum absolute atomic E-state index is 0.776. The highest BCUT2D eigenvalue weighted by Gasteiger charge is 2.11. The second-order valence-electron chi connectivity index (χ2n) is 13.2. The lowest BCUT2D eigenvalue weighted by molar-refractivity contribution is 0.352. The van der Waals surface area contributed by atoms with E-state index in [1.807, 2.05) is 26.8 Å². The monoisotopic (exact) mass is 626 g/mol. The van der Waals surface area contributed by atoms with Crippen molar-refractivity contribution in [3.63, 3.8) is 0 Å². The van der Waals surface area contributed by atoms with Gasteiger partial charge in [0.05, 0.1) is 0 Å². The van der Waals surface area contributed by atoms with Gasteiger partial charge in [-0.25, -0.2) is 0 Å². The van der Waals surface area contributed by atoms with E-state index in [1.54, 1.807) is 0 Å². The van der Waals surface area contributed by atoms with Crippen molar-refractivity contribution in [1.82, 2.24) is 0 Å². The number of nitrogens with two attached hydrogens (primary N) is 1. The van der Waals surface area contributed by atoms with Crippen LogP contribution in [0.25, 0.3) is 16.7 Å². The smallest absolute Gasteiger partial charge is 0.0352 e. The van der Waals surface area contributed by atoms with Crippen molar-refractivity contribution < 1.29 is 0 Å². The van der Waals surface area contributed by atoms with Crippen molar-refractivity contribution in [1.29, 1.82) is 0 Å². The molecule has 2 N–H and O–H groups in total. The third-order valence-electron chi connectivity index (χ3n) is 9.51. The number of nitrogen functional groups attached to an aromatic ring is 1.